The van der Waals surface area contributed by atoms with Crippen molar-refractivity contribution in [3.05, 3.63) is 63.3 Å². The van der Waals surface area contributed by atoms with Crippen molar-refractivity contribution in [2.45, 2.75) is 26.4 Å². The zero-order valence-electron chi connectivity index (χ0n) is 11.6. The zero-order chi connectivity index (χ0) is 14.5. The highest BCUT2D eigenvalue weighted by atomic mass is 79.9. The van der Waals surface area contributed by atoms with Crippen molar-refractivity contribution in [3.8, 4) is 0 Å². The molecule has 0 bridgehead atoms. The van der Waals surface area contributed by atoms with E-state index < -0.39 is 0 Å². The second-order valence-corrected chi connectivity index (χ2v) is 6.41. The number of halogens is 2. The van der Waals surface area contributed by atoms with Crippen molar-refractivity contribution in [1.29, 1.82) is 0 Å². The standard InChI is InChI=1S/C16H18BrClN2/c1-11(2)16(12-5-7-19-8-6-12)20-10-13-3-4-14(18)9-15(13)17/h3-9,11,16,20H,10H2,1-2H3/t16-/m1/s1. The van der Waals surface area contributed by atoms with Crippen LogP contribution in [-0.4, -0.2) is 4.98 Å². The summed E-state index contributed by atoms with van der Waals surface area (Å²) in [4.78, 5) is 4.08. The topological polar surface area (TPSA) is 24.9 Å². The van der Waals surface area contributed by atoms with Crippen LogP contribution in [0.25, 0.3) is 0 Å². The fourth-order valence-corrected chi connectivity index (χ4v) is 3.02. The van der Waals surface area contributed by atoms with Crippen LogP contribution in [0, 0.1) is 5.92 Å². The van der Waals surface area contributed by atoms with Gasteiger partial charge in [0.15, 0.2) is 0 Å². The van der Waals surface area contributed by atoms with Gasteiger partial charge in [-0.15, -0.1) is 0 Å². The monoisotopic (exact) mass is 352 g/mol. The molecule has 1 aromatic heterocycles. The van der Waals surface area contributed by atoms with Crippen molar-refractivity contribution in [1.82, 2.24) is 10.3 Å². The van der Waals surface area contributed by atoms with E-state index in [9.17, 15) is 0 Å². The van der Waals surface area contributed by atoms with Crippen LogP contribution in [0.5, 0.6) is 0 Å². The fourth-order valence-electron chi connectivity index (χ4n) is 2.19. The zero-order valence-corrected chi connectivity index (χ0v) is 13.9. The smallest absolute Gasteiger partial charge is 0.0417 e. The van der Waals surface area contributed by atoms with Crippen LogP contribution in [-0.2, 0) is 6.54 Å². The Morgan fingerprint density at radius 2 is 1.90 bits per heavy atom. The summed E-state index contributed by atoms with van der Waals surface area (Å²) in [5.74, 6) is 0.503. The third-order valence-electron chi connectivity index (χ3n) is 3.26. The number of nitrogens with zero attached hydrogens (tertiary/aromatic N) is 1. The lowest BCUT2D eigenvalue weighted by Gasteiger charge is -2.23. The van der Waals surface area contributed by atoms with Crippen molar-refractivity contribution in [2.24, 2.45) is 5.92 Å². The number of hydrogen-bond acceptors (Lipinski definition) is 2. The second kappa shape index (κ2) is 7.21. The lowest BCUT2D eigenvalue weighted by atomic mass is 9.96. The molecule has 2 nitrogen and oxygen atoms in total. The molecule has 2 rings (SSSR count). The van der Waals surface area contributed by atoms with E-state index in [1.54, 1.807) is 0 Å². The molecule has 2 aromatic rings. The van der Waals surface area contributed by atoms with Crippen LogP contribution >= 0.6 is 27.5 Å². The van der Waals surface area contributed by atoms with E-state index in [4.69, 9.17) is 11.6 Å². The lowest BCUT2D eigenvalue weighted by Crippen LogP contribution is -2.25. The molecule has 0 spiro atoms. The van der Waals surface area contributed by atoms with Gasteiger partial charge < -0.3 is 5.32 Å². The summed E-state index contributed by atoms with van der Waals surface area (Å²) in [5, 5.41) is 4.36. The average molecular weight is 354 g/mol. The quantitative estimate of drug-likeness (QED) is 0.819. The Bertz CT molecular complexity index is 558. The molecule has 0 aliphatic heterocycles. The summed E-state index contributed by atoms with van der Waals surface area (Å²) in [6, 6.07) is 10.3. The van der Waals surface area contributed by atoms with Crippen molar-refractivity contribution >= 4 is 27.5 Å². The molecular formula is C16H18BrClN2. The van der Waals surface area contributed by atoms with Gasteiger partial charge in [-0.05, 0) is 41.3 Å². The molecule has 0 aliphatic rings. The minimum atomic E-state index is 0.306. The van der Waals surface area contributed by atoms with Crippen molar-refractivity contribution in [2.75, 3.05) is 0 Å². The maximum Gasteiger partial charge on any atom is 0.0417 e. The molecule has 0 radical (unpaired) electrons. The molecule has 1 heterocycles. The van der Waals surface area contributed by atoms with Crippen LogP contribution in [0.1, 0.15) is 31.0 Å². The highest BCUT2D eigenvalue weighted by Gasteiger charge is 2.15. The van der Waals surface area contributed by atoms with Crippen LogP contribution in [0.3, 0.4) is 0 Å². The number of benzene rings is 1. The molecular weight excluding hydrogens is 336 g/mol. The van der Waals surface area contributed by atoms with E-state index in [0.717, 1.165) is 16.0 Å². The fraction of sp³-hybridized carbons (Fsp3) is 0.312. The van der Waals surface area contributed by atoms with E-state index in [-0.39, 0.29) is 0 Å². The van der Waals surface area contributed by atoms with Gasteiger partial charge in [0.1, 0.15) is 0 Å². The van der Waals surface area contributed by atoms with Crippen LogP contribution in [0.15, 0.2) is 47.2 Å². The van der Waals surface area contributed by atoms with Gasteiger partial charge in [0.2, 0.25) is 0 Å². The van der Waals surface area contributed by atoms with Gasteiger partial charge in [0.05, 0.1) is 0 Å². The molecule has 0 unspecified atom stereocenters. The Labute approximate surface area is 133 Å². The minimum Gasteiger partial charge on any atom is -0.306 e. The minimum absolute atomic E-state index is 0.306. The van der Waals surface area contributed by atoms with Gasteiger partial charge in [-0.25, -0.2) is 0 Å². The largest absolute Gasteiger partial charge is 0.306 e. The highest BCUT2D eigenvalue weighted by Crippen LogP contribution is 2.25. The predicted octanol–water partition coefficient (Wildman–Crippen LogP) is 4.98. The van der Waals surface area contributed by atoms with E-state index in [2.05, 4.69) is 52.2 Å². The summed E-state index contributed by atoms with van der Waals surface area (Å²) < 4.78 is 1.04. The van der Waals surface area contributed by atoms with Crippen LogP contribution in [0.2, 0.25) is 5.02 Å². The van der Waals surface area contributed by atoms with Gasteiger partial charge in [-0.2, -0.15) is 0 Å². The predicted molar refractivity (Wildman–Crippen MR) is 87.8 cm³/mol. The first-order chi connectivity index (χ1) is 9.58. The molecule has 1 atom stereocenters. The molecule has 0 fully saturated rings. The Hall–Kier alpha value is -0.900. The summed E-state index contributed by atoms with van der Waals surface area (Å²) in [7, 11) is 0. The molecule has 1 aromatic carbocycles. The first-order valence-corrected chi connectivity index (χ1v) is 7.82. The summed E-state index contributed by atoms with van der Waals surface area (Å²) >= 11 is 9.52. The van der Waals surface area contributed by atoms with Gasteiger partial charge in [-0.1, -0.05) is 47.4 Å². The summed E-state index contributed by atoms with van der Waals surface area (Å²) in [5.41, 5.74) is 2.47. The highest BCUT2D eigenvalue weighted by molar-refractivity contribution is 9.10. The molecule has 0 saturated carbocycles. The third kappa shape index (κ3) is 4.05. The van der Waals surface area contributed by atoms with E-state index in [1.165, 1.54) is 11.1 Å². The second-order valence-electron chi connectivity index (χ2n) is 5.12. The van der Waals surface area contributed by atoms with Crippen LogP contribution < -0.4 is 5.32 Å². The average Bonchev–Trinajstić information content (AvgIpc) is 2.42. The normalized spacial score (nSPS) is 12.7. The maximum absolute atomic E-state index is 5.97. The summed E-state index contributed by atoms with van der Waals surface area (Å²) in [6.45, 7) is 5.23. The number of rotatable bonds is 5. The first-order valence-electron chi connectivity index (χ1n) is 6.65. The lowest BCUT2D eigenvalue weighted by molar-refractivity contribution is 0.410. The molecule has 4 heteroatoms. The number of nitrogens with one attached hydrogen (secondary N) is 1. The van der Waals surface area contributed by atoms with Crippen LogP contribution in [0.4, 0.5) is 0 Å². The molecule has 0 saturated heterocycles. The Morgan fingerprint density at radius 1 is 1.20 bits per heavy atom. The molecule has 106 valence electrons. The number of pyridine rings is 1. The van der Waals surface area contributed by atoms with Gasteiger partial charge in [-0.3, -0.25) is 4.98 Å². The van der Waals surface area contributed by atoms with E-state index in [1.807, 2.05) is 30.6 Å². The maximum atomic E-state index is 5.97. The third-order valence-corrected chi connectivity index (χ3v) is 4.23. The van der Waals surface area contributed by atoms with Gasteiger partial charge >= 0.3 is 0 Å². The molecule has 1 N–H and O–H groups in total. The van der Waals surface area contributed by atoms with E-state index >= 15 is 0 Å². The van der Waals surface area contributed by atoms with Crippen molar-refractivity contribution < 1.29 is 0 Å². The van der Waals surface area contributed by atoms with Gasteiger partial charge in [0, 0.05) is 34.5 Å². The van der Waals surface area contributed by atoms with Crippen molar-refractivity contribution in [3.63, 3.8) is 0 Å². The SMILES string of the molecule is CC(C)[C@@H](NCc1ccc(Cl)cc1Br)c1ccncc1. The number of aromatic nitrogens is 1. The molecule has 20 heavy (non-hydrogen) atoms. The summed E-state index contributed by atoms with van der Waals surface area (Å²) in [6.07, 6.45) is 3.68. The molecule has 0 aliphatic carbocycles. The Kier molecular flexibility index (Phi) is 5.58. The van der Waals surface area contributed by atoms with Gasteiger partial charge in [0.25, 0.3) is 0 Å². The number of hydrogen-bond donors (Lipinski definition) is 1. The first kappa shape index (κ1) is 15.5. The Morgan fingerprint density at radius 3 is 2.50 bits per heavy atom. The Balaban J connectivity index is 2.10. The molecule has 0 amide bonds. The van der Waals surface area contributed by atoms with E-state index in [0.29, 0.717) is 12.0 Å².